The van der Waals surface area contributed by atoms with E-state index in [0.717, 1.165) is 59.5 Å². The first-order valence-electron chi connectivity index (χ1n) is 13.2. The van der Waals surface area contributed by atoms with E-state index < -0.39 is 11.7 Å². The molecule has 1 spiro atoms. The van der Waals surface area contributed by atoms with Gasteiger partial charge in [-0.3, -0.25) is 14.8 Å². The van der Waals surface area contributed by atoms with Crippen molar-refractivity contribution in [3.05, 3.63) is 88.6 Å². The molecule has 1 N–H and O–H groups in total. The number of hydrogen-bond acceptors (Lipinski definition) is 6. The van der Waals surface area contributed by atoms with Gasteiger partial charge in [0.05, 0.1) is 21.6 Å². The molecule has 212 valence electrons. The second-order valence-corrected chi connectivity index (χ2v) is 11.6. The SMILES string of the molecule is O=C(NCc1ccnc(Cl)c1)N1CC2(CCN(CC=Cc3ccc(C(F)(F)F)cn3)CC2)c2c1ccc1sncc21. The number of carbonyl (C=O) groups excluding carboxylic acids is 1. The molecular formula is C29H26ClF3N6OS. The van der Waals surface area contributed by atoms with Crippen molar-refractivity contribution in [3.8, 4) is 0 Å². The van der Waals surface area contributed by atoms with Crippen LogP contribution in [0.2, 0.25) is 5.15 Å². The number of piperidine rings is 1. The van der Waals surface area contributed by atoms with E-state index in [4.69, 9.17) is 11.6 Å². The number of alkyl halides is 3. The van der Waals surface area contributed by atoms with E-state index in [1.54, 1.807) is 18.3 Å². The number of rotatable bonds is 5. The molecule has 41 heavy (non-hydrogen) atoms. The molecule has 1 aromatic carbocycles. The standard InChI is InChI=1S/C29H26ClF3N6OS/c30-25-14-19(7-10-34-25)15-36-27(40)39-18-28(26-22-17-37-41-24(22)6-5-23(26)39)8-12-38(13-9-28)11-1-2-21-4-3-20(16-35-21)29(31,32)33/h1-7,10,14,16-17H,8-9,11-13,15,18H2,(H,36,40). The summed E-state index contributed by atoms with van der Waals surface area (Å²) in [5, 5.41) is 4.52. The Morgan fingerprint density at radius 1 is 1.12 bits per heavy atom. The highest BCUT2D eigenvalue weighted by Gasteiger charge is 2.47. The van der Waals surface area contributed by atoms with E-state index in [9.17, 15) is 18.0 Å². The number of benzene rings is 1. The van der Waals surface area contributed by atoms with E-state index in [0.29, 0.717) is 30.5 Å². The minimum Gasteiger partial charge on any atom is -0.334 e. The Labute approximate surface area is 243 Å². The average molecular weight is 599 g/mol. The number of fused-ring (bicyclic) bond motifs is 4. The molecule has 0 saturated carbocycles. The number of hydrogen-bond donors (Lipinski definition) is 1. The van der Waals surface area contributed by atoms with Crippen LogP contribution < -0.4 is 10.2 Å². The molecule has 1 fully saturated rings. The molecule has 4 aromatic rings. The number of likely N-dealkylation sites (tertiary alicyclic amines) is 1. The third-order valence-corrected chi connectivity index (χ3v) is 8.83. The molecule has 7 nitrogen and oxygen atoms in total. The number of pyridine rings is 2. The van der Waals surface area contributed by atoms with Gasteiger partial charge in [-0.1, -0.05) is 17.7 Å². The van der Waals surface area contributed by atoms with Gasteiger partial charge in [-0.05, 0) is 91.1 Å². The van der Waals surface area contributed by atoms with Crippen molar-refractivity contribution in [2.75, 3.05) is 31.1 Å². The fourth-order valence-corrected chi connectivity index (χ4v) is 6.60. The number of nitrogens with one attached hydrogen (secondary N) is 1. The maximum absolute atomic E-state index is 13.4. The lowest BCUT2D eigenvalue weighted by Crippen LogP contribution is -2.47. The van der Waals surface area contributed by atoms with Gasteiger partial charge in [-0.2, -0.15) is 17.5 Å². The number of halogens is 4. The zero-order valence-corrected chi connectivity index (χ0v) is 23.4. The Morgan fingerprint density at radius 2 is 1.95 bits per heavy atom. The summed E-state index contributed by atoms with van der Waals surface area (Å²) < 4.78 is 43.9. The largest absolute Gasteiger partial charge is 0.417 e. The third kappa shape index (κ3) is 5.66. The summed E-state index contributed by atoms with van der Waals surface area (Å²) in [5.74, 6) is 0. The van der Waals surface area contributed by atoms with E-state index >= 15 is 0 Å². The van der Waals surface area contributed by atoms with Crippen molar-refractivity contribution in [3.63, 3.8) is 0 Å². The molecule has 6 rings (SSSR count). The van der Waals surface area contributed by atoms with Crippen LogP contribution in [0.4, 0.5) is 23.7 Å². The quantitative estimate of drug-likeness (QED) is 0.264. The maximum Gasteiger partial charge on any atom is 0.417 e. The summed E-state index contributed by atoms with van der Waals surface area (Å²) in [5.41, 5.74) is 2.52. The number of anilines is 1. The molecule has 0 atom stereocenters. The average Bonchev–Trinajstić information content (AvgIpc) is 3.56. The molecule has 2 aliphatic heterocycles. The van der Waals surface area contributed by atoms with E-state index in [1.807, 2.05) is 35.4 Å². The second-order valence-electron chi connectivity index (χ2n) is 10.4. The van der Waals surface area contributed by atoms with Crippen LogP contribution in [0.15, 0.2) is 61.1 Å². The molecule has 0 bridgehead atoms. The molecule has 2 amide bonds. The summed E-state index contributed by atoms with van der Waals surface area (Å²) in [6.45, 7) is 3.23. The first-order valence-corrected chi connectivity index (χ1v) is 14.3. The van der Waals surface area contributed by atoms with Crippen molar-refractivity contribution in [2.45, 2.75) is 31.0 Å². The smallest absolute Gasteiger partial charge is 0.334 e. The second kappa shape index (κ2) is 11.0. The predicted octanol–water partition coefficient (Wildman–Crippen LogP) is 6.54. The summed E-state index contributed by atoms with van der Waals surface area (Å²) in [4.78, 5) is 25.5. The molecule has 3 aromatic heterocycles. The molecule has 5 heterocycles. The summed E-state index contributed by atoms with van der Waals surface area (Å²) in [7, 11) is 0. The van der Waals surface area contributed by atoms with E-state index in [-0.39, 0.29) is 11.4 Å². The topological polar surface area (TPSA) is 74.2 Å². The molecule has 0 aliphatic carbocycles. The molecule has 12 heteroatoms. The van der Waals surface area contributed by atoms with Gasteiger partial charge in [-0.25, -0.2) is 9.78 Å². The van der Waals surface area contributed by atoms with Gasteiger partial charge in [0.1, 0.15) is 5.15 Å². The van der Waals surface area contributed by atoms with Crippen molar-refractivity contribution >= 4 is 51.0 Å². The minimum atomic E-state index is -4.40. The van der Waals surface area contributed by atoms with Crippen molar-refractivity contribution in [1.29, 1.82) is 0 Å². The van der Waals surface area contributed by atoms with Gasteiger partial charge in [0.15, 0.2) is 0 Å². The third-order valence-electron chi connectivity index (χ3n) is 7.86. The first kappa shape index (κ1) is 27.6. The van der Waals surface area contributed by atoms with Crippen molar-refractivity contribution in [2.24, 2.45) is 0 Å². The Bertz CT molecular complexity index is 1600. The van der Waals surface area contributed by atoms with Gasteiger partial charge in [0.25, 0.3) is 0 Å². The normalized spacial score (nSPS) is 17.0. The van der Waals surface area contributed by atoms with Gasteiger partial charge >= 0.3 is 12.2 Å². The van der Waals surface area contributed by atoms with Crippen LogP contribution >= 0.6 is 23.1 Å². The minimum absolute atomic E-state index is 0.159. The van der Waals surface area contributed by atoms with E-state index in [1.165, 1.54) is 23.2 Å². The highest BCUT2D eigenvalue weighted by molar-refractivity contribution is 7.13. The van der Waals surface area contributed by atoms with Crippen LogP contribution in [0.1, 0.15) is 35.2 Å². The zero-order valence-electron chi connectivity index (χ0n) is 21.9. The summed E-state index contributed by atoms with van der Waals surface area (Å²) >= 11 is 7.46. The van der Waals surface area contributed by atoms with Crippen LogP contribution in [0.5, 0.6) is 0 Å². The van der Waals surface area contributed by atoms with Crippen LogP contribution in [-0.2, 0) is 18.1 Å². The van der Waals surface area contributed by atoms with Gasteiger partial charge < -0.3 is 5.32 Å². The predicted molar refractivity (Wildman–Crippen MR) is 154 cm³/mol. The van der Waals surface area contributed by atoms with Crippen LogP contribution in [-0.4, -0.2) is 51.5 Å². The fraction of sp³-hybridized carbons (Fsp3) is 0.310. The maximum atomic E-state index is 13.4. The molecular weight excluding hydrogens is 573 g/mol. The van der Waals surface area contributed by atoms with E-state index in [2.05, 4.69) is 24.6 Å². The first-order chi connectivity index (χ1) is 19.7. The molecule has 0 unspecified atom stereocenters. The number of carbonyl (C=O) groups is 1. The number of nitrogens with zero attached hydrogens (tertiary/aromatic N) is 5. The Balaban J connectivity index is 1.15. The molecule has 0 radical (unpaired) electrons. The Morgan fingerprint density at radius 3 is 2.68 bits per heavy atom. The Hall–Kier alpha value is -3.54. The summed E-state index contributed by atoms with van der Waals surface area (Å²) in [6, 6.07) is 9.88. The lowest BCUT2D eigenvalue weighted by molar-refractivity contribution is -0.137. The monoisotopic (exact) mass is 598 g/mol. The van der Waals surface area contributed by atoms with Crippen molar-refractivity contribution in [1.82, 2.24) is 24.6 Å². The van der Waals surface area contributed by atoms with Crippen molar-refractivity contribution < 1.29 is 18.0 Å². The van der Waals surface area contributed by atoms with Gasteiger partial charge in [0, 0.05) is 49.0 Å². The number of urea groups is 1. The molecule has 2 aliphatic rings. The molecule has 1 saturated heterocycles. The van der Waals surface area contributed by atoms with Crippen LogP contribution in [0, 0.1) is 0 Å². The lowest BCUT2D eigenvalue weighted by Gasteiger charge is -2.39. The fourth-order valence-electron chi connectivity index (χ4n) is 5.75. The summed E-state index contributed by atoms with van der Waals surface area (Å²) in [6.07, 6.45) is 5.40. The Kier molecular flexibility index (Phi) is 7.43. The number of amides is 2. The lowest BCUT2D eigenvalue weighted by atomic mass is 9.73. The van der Waals surface area contributed by atoms with Crippen LogP contribution in [0.25, 0.3) is 16.2 Å². The zero-order chi connectivity index (χ0) is 28.6. The van der Waals surface area contributed by atoms with Gasteiger partial charge in [0.2, 0.25) is 0 Å². The number of aromatic nitrogens is 3. The highest BCUT2D eigenvalue weighted by atomic mass is 35.5. The van der Waals surface area contributed by atoms with Gasteiger partial charge in [-0.15, -0.1) is 0 Å². The highest BCUT2D eigenvalue weighted by Crippen LogP contribution is 2.50. The van der Waals surface area contributed by atoms with Crippen LogP contribution in [0.3, 0.4) is 0 Å².